The Balaban J connectivity index is 2.14. The first-order valence-electron chi connectivity index (χ1n) is 6.05. The topological polar surface area (TPSA) is 78.4 Å². The minimum atomic E-state index is -1.08. The Bertz CT molecular complexity index is 519. The van der Waals surface area contributed by atoms with E-state index >= 15 is 0 Å². The highest BCUT2D eigenvalue weighted by atomic mass is 35.5. The van der Waals surface area contributed by atoms with Crippen LogP contribution in [0.3, 0.4) is 0 Å². The molecule has 1 fully saturated rings. The fourth-order valence-corrected chi connectivity index (χ4v) is 2.43. The molecule has 1 aromatic carbocycles. The quantitative estimate of drug-likeness (QED) is 0.792. The lowest BCUT2D eigenvalue weighted by atomic mass is 10.0. The summed E-state index contributed by atoms with van der Waals surface area (Å²) in [6.45, 7) is 2.82. The smallest absolute Gasteiger partial charge is 0.335 e. The summed E-state index contributed by atoms with van der Waals surface area (Å²) in [6.07, 6.45) is 0.952. The Morgan fingerprint density at radius 2 is 2.16 bits per heavy atom. The average molecular weight is 283 g/mol. The number of amides is 1. The Morgan fingerprint density at radius 1 is 1.42 bits per heavy atom. The second-order valence-corrected chi connectivity index (χ2v) is 5.16. The molecule has 2 atom stereocenters. The molecule has 1 aliphatic rings. The van der Waals surface area contributed by atoms with Crippen LogP contribution in [0.5, 0.6) is 0 Å². The van der Waals surface area contributed by atoms with Crippen LogP contribution in [0.1, 0.15) is 23.7 Å². The molecule has 0 aliphatic carbocycles. The van der Waals surface area contributed by atoms with Crippen molar-refractivity contribution in [1.82, 2.24) is 5.32 Å². The van der Waals surface area contributed by atoms with Crippen LogP contribution in [0.4, 0.5) is 5.69 Å². The zero-order valence-corrected chi connectivity index (χ0v) is 11.2. The number of halogens is 1. The Labute approximate surface area is 116 Å². The van der Waals surface area contributed by atoms with E-state index in [0.29, 0.717) is 5.69 Å². The standard InChI is InChI=1S/C13H15ClN2O3/c1-7-2-3-15-11(7)12(17)16-10-5-8(13(18)19)4-9(14)6-10/h4-7,11,15H,2-3H2,1H3,(H,16,17)(H,18,19). The van der Waals surface area contributed by atoms with E-state index in [1.807, 2.05) is 6.92 Å². The number of aromatic carboxylic acids is 1. The second-order valence-electron chi connectivity index (χ2n) is 4.72. The third kappa shape index (κ3) is 3.24. The lowest BCUT2D eigenvalue weighted by Crippen LogP contribution is -2.39. The number of benzene rings is 1. The fourth-order valence-electron chi connectivity index (χ4n) is 2.19. The summed E-state index contributed by atoms with van der Waals surface area (Å²) < 4.78 is 0. The Kier molecular flexibility index (Phi) is 4.07. The number of hydrogen-bond acceptors (Lipinski definition) is 3. The van der Waals surface area contributed by atoms with Crippen molar-refractivity contribution in [2.75, 3.05) is 11.9 Å². The summed E-state index contributed by atoms with van der Waals surface area (Å²) in [5.41, 5.74) is 0.450. The van der Waals surface area contributed by atoms with E-state index in [1.54, 1.807) is 0 Å². The van der Waals surface area contributed by atoms with Gasteiger partial charge in [0.1, 0.15) is 0 Å². The number of carbonyl (C=O) groups excluding carboxylic acids is 1. The van der Waals surface area contributed by atoms with Gasteiger partial charge < -0.3 is 15.7 Å². The number of carboxylic acids is 1. The first-order valence-corrected chi connectivity index (χ1v) is 6.43. The van der Waals surface area contributed by atoms with Crippen LogP contribution >= 0.6 is 11.6 Å². The molecule has 1 heterocycles. The van der Waals surface area contributed by atoms with Gasteiger partial charge in [0.2, 0.25) is 5.91 Å². The van der Waals surface area contributed by atoms with Gasteiger partial charge in [-0.15, -0.1) is 0 Å². The van der Waals surface area contributed by atoms with Crippen molar-refractivity contribution < 1.29 is 14.7 Å². The second kappa shape index (κ2) is 5.59. The third-order valence-electron chi connectivity index (χ3n) is 3.23. The molecule has 1 aromatic rings. The van der Waals surface area contributed by atoms with Crippen molar-refractivity contribution in [3.8, 4) is 0 Å². The van der Waals surface area contributed by atoms with Gasteiger partial charge in [0.05, 0.1) is 11.6 Å². The first-order chi connectivity index (χ1) is 8.97. The van der Waals surface area contributed by atoms with Gasteiger partial charge in [-0.1, -0.05) is 18.5 Å². The van der Waals surface area contributed by atoms with E-state index in [2.05, 4.69) is 10.6 Å². The van der Waals surface area contributed by atoms with Crippen LogP contribution < -0.4 is 10.6 Å². The molecule has 2 rings (SSSR count). The number of anilines is 1. The number of hydrogen-bond donors (Lipinski definition) is 3. The monoisotopic (exact) mass is 282 g/mol. The van der Waals surface area contributed by atoms with Crippen LogP contribution in [-0.4, -0.2) is 29.6 Å². The molecule has 0 aromatic heterocycles. The third-order valence-corrected chi connectivity index (χ3v) is 3.45. The van der Waals surface area contributed by atoms with Gasteiger partial charge in [0.25, 0.3) is 0 Å². The van der Waals surface area contributed by atoms with Gasteiger partial charge in [-0.25, -0.2) is 4.79 Å². The van der Waals surface area contributed by atoms with Crippen LogP contribution in [-0.2, 0) is 4.79 Å². The molecule has 0 spiro atoms. The van der Waals surface area contributed by atoms with Crippen LogP contribution in [0, 0.1) is 5.92 Å². The van der Waals surface area contributed by atoms with Crippen LogP contribution in [0.25, 0.3) is 0 Å². The summed E-state index contributed by atoms with van der Waals surface area (Å²) in [5, 5.41) is 15.0. The van der Waals surface area contributed by atoms with Gasteiger partial charge in [0, 0.05) is 10.7 Å². The predicted octanol–water partition coefficient (Wildman–Crippen LogP) is 1.97. The fraction of sp³-hybridized carbons (Fsp3) is 0.385. The molecule has 1 saturated heterocycles. The van der Waals surface area contributed by atoms with E-state index in [0.717, 1.165) is 13.0 Å². The number of nitrogens with one attached hydrogen (secondary N) is 2. The summed E-state index contributed by atoms with van der Waals surface area (Å²) >= 11 is 5.84. The molecular weight excluding hydrogens is 268 g/mol. The maximum absolute atomic E-state index is 12.1. The van der Waals surface area contributed by atoms with Crippen molar-refractivity contribution in [1.29, 1.82) is 0 Å². The minimum Gasteiger partial charge on any atom is -0.478 e. The van der Waals surface area contributed by atoms with Crippen molar-refractivity contribution in [3.05, 3.63) is 28.8 Å². The molecule has 5 nitrogen and oxygen atoms in total. The van der Waals surface area contributed by atoms with Gasteiger partial charge in [-0.3, -0.25) is 4.79 Å². The molecule has 0 saturated carbocycles. The molecule has 0 bridgehead atoms. The zero-order chi connectivity index (χ0) is 14.0. The molecule has 0 radical (unpaired) electrons. The number of rotatable bonds is 3. The normalized spacial score (nSPS) is 22.2. The van der Waals surface area contributed by atoms with Crippen LogP contribution in [0.15, 0.2) is 18.2 Å². The van der Waals surface area contributed by atoms with E-state index in [-0.39, 0.29) is 28.5 Å². The molecular formula is C13H15ClN2O3. The highest BCUT2D eigenvalue weighted by Gasteiger charge is 2.29. The molecule has 3 N–H and O–H groups in total. The first kappa shape index (κ1) is 13.8. The van der Waals surface area contributed by atoms with Gasteiger partial charge in [-0.05, 0) is 37.1 Å². The van der Waals surface area contributed by atoms with Crippen molar-refractivity contribution in [3.63, 3.8) is 0 Å². The minimum absolute atomic E-state index is 0.0511. The molecule has 6 heteroatoms. The number of carbonyl (C=O) groups is 2. The largest absolute Gasteiger partial charge is 0.478 e. The SMILES string of the molecule is CC1CCNC1C(=O)Nc1cc(Cl)cc(C(=O)O)c1. The maximum Gasteiger partial charge on any atom is 0.335 e. The average Bonchev–Trinajstić information content (AvgIpc) is 2.74. The molecule has 2 unspecified atom stereocenters. The Hall–Kier alpha value is -1.59. The summed E-state index contributed by atoms with van der Waals surface area (Å²) in [4.78, 5) is 23.0. The van der Waals surface area contributed by atoms with Crippen molar-refractivity contribution >= 4 is 29.2 Å². The molecule has 19 heavy (non-hydrogen) atoms. The van der Waals surface area contributed by atoms with Crippen LogP contribution in [0.2, 0.25) is 5.02 Å². The number of carboxylic acid groups (broad SMARTS) is 1. The lowest BCUT2D eigenvalue weighted by molar-refractivity contribution is -0.118. The summed E-state index contributed by atoms with van der Waals surface area (Å²) in [5.74, 6) is -0.980. The highest BCUT2D eigenvalue weighted by molar-refractivity contribution is 6.31. The Morgan fingerprint density at radius 3 is 2.74 bits per heavy atom. The molecule has 1 aliphatic heterocycles. The van der Waals surface area contributed by atoms with Gasteiger partial charge >= 0.3 is 5.97 Å². The van der Waals surface area contributed by atoms with E-state index in [1.165, 1.54) is 18.2 Å². The summed E-state index contributed by atoms with van der Waals surface area (Å²) in [6, 6.07) is 4.03. The van der Waals surface area contributed by atoms with E-state index in [4.69, 9.17) is 16.7 Å². The van der Waals surface area contributed by atoms with Gasteiger partial charge in [-0.2, -0.15) is 0 Å². The van der Waals surface area contributed by atoms with E-state index in [9.17, 15) is 9.59 Å². The van der Waals surface area contributed by atoms with Gasteiger partial charge in [0.15, 0.2) is 0 Å². The van der Waals surface area contributed by atoms with Crippen molar-refractivity contribution in [2.24, 2.45) is 5.92 Å². The van der Waals surface area contributed by atoms with Crippen molar-refractivity contribution in [2.45, 2.75) is 19.4 Å². The summed E-state index contributed by atoms with van der Waals surface area (Å²) in [7, 11) is 0. The predicted molar refractivity (Wildman–Crippen MR) is 72.6 cm³/mol. The molecule has 1 amide bonds. The maximum atomic E-state index is 12.1. The lowest BCUT2D eigenvalue weighted by Gasteiger charge is -2.15. The highest BCUT2D eigenvalue weighted by Crippen LogP contribution is 2.21. The van der Waals surface area contributed by atoms with E-state index < -0.39 is 5.97 Å². The molecule has 102 valence electrons. The zero-order valence-electron chi connectivity index (χ0n) is 10.4.